The molecular weight excluding hydrogens is 444 g/mol. The van der Waals surface area contributed by atoms with E-state index in [-0.39, 0.29) is 15.6 Å². The lowest BCUT2D eigenvalue weighted by molar-refractivity contribution is -0.114. The van der Waals surface area contributed by atoms with Crippen LogP contribution in [0.15, 0.2) is 95.9 Å². The Hall–Kier alpha value is -3.35. The number of halogens is 1. The highest BCUT2D eigenvalue weighted by atomic mass is 35.5. The van der Waals surface area contributed by atoms with E-state index in [1.807, 2.05) is 43.3 Å². The van der Waals surface area contributed by atoms with E-state index in [4.69, 9.17) is 11.6 Å². The van der Waals surface area contributed by atoms with Gasteiger partial charge in [-0.1, -0.05) is 77.8 Å². The molecule has 4 rings (SSSR count). The maximum atomic E-state index is 13.5. The number of anilines is 2. The fraction of sp³-hybridized carbons (Fsp3) is 0.0800. The lowest BCUT2D eigenvalue weighted by Crippen LogP contribution is -2.38. The molecule has 0 aromatic heterocycles. The van der Waals surface area contributed by atoms with Gasteiger partial charge in [-0.15, -0.1) is 0 Å². The van der Waals surface area contributed by atoms with Crippen molar-refractivity contribution in [3.63, 3.8) is 0 Å². The molecule has 1 amide bonds. The number of carbonyl (C=O) groups is 1. The second-order valence-corrected chi connectivity index (χ2v) is 9.62. The summed E-state index contributed by atoms with van der Waals surface area (Å²) in [4.78, 5) is 13.1. The van der Waals surface area contributed by atoms with Gasteiger partial charge in [0.05, 0.1) is 15.6 Å². The van der Waals surface area contributed by atoms with Crippen molar-refractivity contribution in [1.29, 1.82) is 0 Å². The summed E-state index contributed by atoms with van der Waals surface area (Å²) >= 11 is 6.32. The predicted molar refractivity (Wildman–Crippen MR) is 130 cm³/mol. The molecule has 0 bridgehead atoms. The van der Waals surface area contributed by atoms with Crippen LogP contribution in [0, 0.1) is 6.92 Å². The van der Waals surface area contributed by atoms with Gasteiger partial charge in [0.1, 0.15) is 6.54 Å². The molecule has 0 atom stereocenters. The molecule has 0 aliphatic carbocycles. The molecule has 0 fully saturated rings. The topological polar surface area (TPSA) is 66.5 Å². The fourth-order valence-corrected chi connectivity index (χ4v) is 5.17. The van der Waals surface area contributed by atoms with Crippen LogP contribution in [0.2, 0.25) is 5.02 Å². The summed E-state index contributed by atoms with van der Waals surface area (Å²) in [6.45, 7) is 1.45. The van der Waals surface area contributed by atoms with Crippen LogP contribution >= 0.6 is 11.6 Å². The smallest absolute Gasteiger partial charge is 0.264 e. The predicted octanol–water partition coefficient (Wildman–Crippen LogP) is 5.64. The Morgan fingerprint density at radius 1 is 0.875 bits per heavy atom. The van der Waals surface area contributed by atoms with Crippen molar-refractivity contribution in [2.75, 3.05) is 16.2 Å². The van der Waals surface area contributed by atoms with E-state index in [0.717, 1.165) is 20.6 Å². The van der Waals surface area contributed by atoms with E-state index in [9.17, 15) is 13.2 Å². The monoisotopic (exact) mass is 464 g/mol. The standard InChI is InChI=1S/C25H21ClN2O3S/c1-18-13-15-20(16-14-18)32(30,31)28(24-12-5-4-10-22(24)26)17-25(29)27-23-11-6-8-19-7-2-3-9-21(19)23/h2-16H,17H2,1H3,(H,27,29). The van der Waals surface area contributed by atoms with Gasteiger partial charge in [-0.3, -0.25) is 9.10 Å². The molecule has 0 aliphatic heterocycles. The number of para-hydroxylation sites is 1. The average molecular weight is 465 g/mol. The normalized spacial score (nSPS) is 11.3. The van der Waals surface area contributed by atoms with Crippen LogP contribution < -0.4 is 9.62 Å². The Morgan fingerprint density at radius 3 is 2.28 bits per heavy atom. The summed E-state index contributed by atoms with van der Waals surface area (Å²) in [6, 6.07) is 26.3. The molecular formula is C25H21ClN2O3S. The minimum Gasteiger partial charge on any atom is -0.324 e. The van der Waals surface area contributed by atoms with Gasteiger partial charge in [0.15, 0.2) is 0 Å². The van der Waals surface area contributed by atoms with Gasteiger partial charge in [0.2, 0.25) is 5.91 Å². The molecule has 5 nitrogen and oxygen atoms in total. The van der Waals surface area contributed by atoms with Crippen molar-refractivity contribution in [3.8, 4) is 0 Å². The number of carbonyl (C=O) groups excluding carboxylic acids is 1. The Labute approximate surface area is 192 Å². The Bertz CT molecular complexity index is 1380. The van der Waals surface area contributed by atoms with E-state index in [0.29, 0.717) is 5.69 Å². The first kappa shape index (κ1) is 21.9. The van der Waals surface area contributed by atoms with E-state index >= 15 is 0 Å². The van der Waals surface area contributed by atoms with Gasteiger partial charge >= 0.3 is 0 Å². The molecule has 162 valence electrons. The average Bonchev–Trinajstić information content (AvgIpc) is 2.78. The highest BCUT2D eigenvalue weighted by Gasteiger charge is 2.28. The Kier molecular flexibility index (Phi) is 6.17. The van der Waals surface area contributed by atoms with Crippen LogP contribution in [0.4, 0.5) is 11.4 Å². The first-order valence-electron chi connectivity index (χ1n) is 9.98. The summed E-state index contributed by atoms with van der Waals surface area (Å²) in [5.41, 5.74) is 1.78. The highest BCUT2D eigenvalue weighted by Crippen LogP contribution is 2.31. The number of amides is 1. The zero-order valence-electron chi connectivity index (χ0n) is 17.3. The number of hydrogen-bond acceptors (Lipinski definition) is 3. The second kappa shape index (κ2) is 9.02. The molecule has 0 saturated carbocycles. The van der Waals surface area contributed by atoms with Crippen LogP contribution in [0.3, 0.4) is 0 Å². The lowest BCUT2D eigenvalue weighted by atomic mass is 10.1. The Morgan fingerprint density at radius 2 is 1.53 bits per heavy atom. The molecule has 0 radical (unpaired) electrons. The number of nitrogens with one attached hydrogen (secondary N) is 1. The highest BCUT2D eigenvalue weighted by molar-refractivity contribution is 7.92. The Balaban J connectivity index is 1.70. The molecule has 0 spiro atoms. The molecule has 7 heteroatoms. The summed E-state index contributed by atoms with van der Waals surface area (Å²) in [5.74, 6) is -0.475. The fourth-order valence-electron chi connectivity index (χ4n) is 3.45. The molecule has 0 aliphatic rings. The number of fused-ring (bicyclic) bond motifs is 1. The van der Waals surface area contributed by atoms with Crippen LogP contribution in [-0.2, 0) is 14.8 Å². The molecule has 0 heterocycles. The number of aryl methyl sites for hydroxylation is 1. The summed E-state index contributed by atoms with van der Waals surface area (Å²) in [6.07, 6.45) is 0. The number of rotatable bonds is 6. The number of sulfonamides is 1. The molecule has 4 aromatic carbocycles. The maximum Gasteiger partial charge on any atom is 0.264 e. The summed E-state index contributed by atoms with van der Waals surface area (Å²) < 4.78 is 28.0. The van der Waals surface area contributed by atoms with Crippen LogP contribution in [0.25, 0.3) is 10.8 Å². The third-order valence-corrected chi connectivity index (χ3v) is 7.17. The van der Waals surface area contributed by atoms with Crippen molar-refractivity contribution in [2.45, 2.75) is 11.8 Å². The van der Waals surface area contributed by atoms with Crippen LogP contribution in [0.5, 0.6) is 0 Å². The van der Waals surface area contributed by atoms with Crippen molar-refractivity contribution >= 4 is 49.7 Å². The first-order valence-corrected chi connectivity index (χ1v) is 11.8. The second-order valence-electron chi connectivity index (χ2n) is 7.35. The van der Waals surface area contributed by atoms with Crippen molar-refractivity contribution in [3.05, 3.63) is 102 Å². The third kappa shape index (κ3) is 4.47. The lowest BCUT2D eigenvalue weighted by Gasteiger charge is -2.25. The van der Waals surface area contributed by atoms with E-state index in [2.05, 4.69) is 5.32 Å². The zero-order chi connectivity index (χ0) is 22.7. The summed E-state index contributed by atoms with van der Waals surface area (Å²) in [7, 11) is -4.04. The molecule has 0 unspecified atom stereocenters. The van der Waals surface area contributed by atoms with Gasteiger partial charge in [0, 0.05) is 11.1 Å². The van der Waals surface area contributed by atoms with Gasteiger partial charge in [-0.05, 0) is 42.6 Å². The van der Waals surface area contributed by atoms with Crippen molar-refractivity contribution in [1.82, 2.24) is 0 Å². The molecule has 0 saturated heterocycles. The SMILES string of the molecule is Cc1ccc(S(=O)(=O)N(CC(=O)Nc2cccc3ccccc23)c2ccccc2Cl)cc1. The minimum atomic E-state index is -4.04. The maximum absolute atomic E-state index is 13.5. The van der Waals surface area contributed by atoms with Gasteiger partial charge in [0.25, 0.3) is 10.0 Å². The largest absolute Gasteiger partial charge is 0.324 e. The van der Waals surface area contributed by atoms with Gasteiger partial charge < -0.3 is 5.32 Å². The number of nitrogens with zero attached hydrogens (tertiary/aromatic N) is 1. The molecule has 4 aromatic rings. The van der Waals surface area contributed by atoms with Gasteiger partial charge in [-0.25, -0.2) is 8.42 Å². The first-order chi connectivity index (χ1) is 15.4. The van der Waals surface area contributed by atoms with E-state index < -0.39 is 22.5 Å². The van der Waals surface area contributed by atoms with Crippen molar-refractivity contribution in [2.24, 2.45) is 0 Å². The van der Waals surface area contributed by atoms with Crippen molar-refractivity contribution < 1.29 is 13.2 Å². The van der Waals surface area contributed by atoms with Crippen LogP contribution in [0.1, 0.15) is 5.56 Å². The zero-order valence-corrected chi connectivity index (χ0v) is 18.9. The van der Waals surface area contributed by atoms with Crippen LogP contribution in [-0.4, -0.2) is 20.9 Å². The third-order valence-electron chi connectivity index (χ3n) is 5.08. The number of benzene rings is 4. The summed E-state index contributed by atoms with van der Waals surface area (Å²) in [5, 5.41) is 4.93. The number of hydrogen-bond donors (Lipinski definition) is 1. The quantitative estimate of drug-likeness (QED) is 0.401. The molecule has 32 heavy (non-hydrogen) atoms. The minimum absolute atomic E-state index is 0.0842. The van der Waals surface area contributed by atoms with E-state index in [1.54, 1.807) is 42.5 Å². The molecule has 1 N–H and O–H groups in total. The van der Waals surface area contributed by atoms with Gasteiger partial charge in [-0.2, -0.15) is 0 Å². The van der Waals surface area contributed by atoms with E-state index in [1.165, 1.54) is 12.1 Å².